The van der Waals surface area contributed by atoms with E-state index in [1.807, 2.05) is 29.0 Å². The molecule has 0 saturated heterocycles. The first-order valence-electron chi connectivity index (χ1n) is 5.75. The third kappa shape index (κ3) is 2.69. The molecule has 0 aliphatic heterocycles. The summed E-state index contributed by atoms with van der Waals surface area (Å²) in [6.07, 6.45) is 0. The van der Waals surface area contributed by atoms with Crippen LogP contribution in [0.15, 0.2) is 18.2 Å². The van der Waals surface area contributed by atoms with E-state index in [4.69, 9.17) is 5.73 Å². The predicted octanol–water partition coefficient (Wildman–Crippen LogP) is 3.18. The lowest BCUT2D eigenvalue weighted by molar-refractivity contribution is 0.604. The van der Waals surface area contributed by atoms with Gasteiger partial charge in [0.1, 0.15) is 5.82 Å². The van der Waals surface area contributed by atoms with Crippen molar-refractivity contribution in [3.05, 3.63) is 33.6 Å². The van der Waals surface area contributed by atoms with Gasteiger partial charge in [-0.2, -0.15) is 5.10 Å². The molecule has 0 aliphatic rings. The van der Waals surface area contributed by atoms with Crippen LogP contribution >= 0.6 is 11.3 Å². The fourth-order valence-corrected chi connectivity index (χ4v) is 2.75. The number of hydrogen-bond donors (Lipinski definition) is 1. The highest BCUT2D eigenvalue weighted by atomic mass is 32.1. The van der Waals surface area contributed by atoms with Gasteiger partial charge in [0.05, 0.1) is 12.2 Å². The summed E-state index contributed by atoms with van der Waals surface area (Å²) in [5.74, 6) is 0.730. The fraction of sp³-hybridized carbons (Fsp3) is 0.462. The van der Waals surface area contributed by atoms with Gasteiger partial charge in [0.15, 0.2) is 0 Å². The van der Waals surface area contributed by atoms with Gasteiger partial charge in [0.2, 0.25) is 0 Å². The van der Waals surface area contributed by atoms with E-state index in [0.29, 0.717) is 0 Å². The Hall–Kier alpha value is -1.29. The van der Waals surface area contributed by atoms with Crippen LogP contribution in [0.2, 0.25) is 0 Å². The van der Waals surface area contributed by atoms with Crippen LogP contribution in [0.4, 0.5) is 5.82 Å². The Labute approximate surface area is 106 Å². The smallest absolute Gasteiger partial charge is 0.122 e. The number of anilines is 1. The molecule has 0 amide bonds. The standard InChI is InChI=1S/C13H19N3S/c1-9-7-12(14)16(15-9)8-10-5-6-11(17-10)13(2,3)4/h5-7H,8,14H2,1-4H3. The van der Waals surface area contributed by atoms with Gasteiger partial charge in [-0.15, -0.1) is 11.3 Å². The predicted molar refractivity (Wildman–Crippen MR) is 73.5 cm³/mol. The molecule has 0 radical (unpaired) electrons. The minimum absolute atomic E-state index is 0.217. The molecular weight excluding hydrogens is 230 g/mol. The molecule has 0 bridgehead atoms. The highest BCUT2D eigenvalue weighted by Gasteiger charge is 2.16. The van der Waals surface area contributed by atoms with E-state index in [0.717, 1.165) is 18.1 Å². The molecule has 0 fully saturated rings. The number of nitrogens with zero attached hydrogens (tertiary/aromatic N) is 2. The van der Waals surface area contributed by atoms with Gasteiger partial charge in [0.25, 0.3) is 0 Å². The van der Waals surface area contributed by atoms with Gasteiger partial charge >= 0.3 is 0 Å². The number of aryl methyl sites for hydroxylation is 1. The summed E-state index contributed by atoms with van der Waals surface area (Å²) in [6, 6.07) is 6.27. The molecule has 0 atom stereocenters. The molecule has 92 valence electrons. The number of hydrogen-bond acceptors (Lipinski definition) is 3. The maximum absolute atomic E-state index is 5.89. The summed E-state index contributed by atoms with van der Waals surface area (Å²) in [7, 11) is 0. The van der Waals surface area contributed by atoms with Crippen molar-refractivity contribution in [1.29, 1.82) is 0 Å². The number of nitrogens with two attached hydrogens (primary N) is 1. The third-order valence-electron chi connectivity index (χ3n) is 2.64. The molecule has 17 heavy (non-hydrogen) atoms. The molecule has 3 nitrogen and oxygen atoms in total. The maximum Gasteiger partial charge on any atom is 0.122 e. The molecule has 2 aromatic heterocycles. The summed E-state index contributed by atoms with van der Waals surface area (Å²) in [5, 5.41) is 4.38. The van der Waals surface area contributed by atoms with Crippen molar-refractivity contribution in [2.45, 2.75) is 39.7 Å². The van der Waals surface area contributed by atoms with Crippen LogP contribution in [0.5, 0.6) is 0 Å². The normalized spacial score (nSPS) is 12.0. The second-order valence-corrected chi connectivity index (χ2v) is 6.55. The van der Waals surface area contributed by atoms with E-state index in [9.17, 15) is 0 Å². The second-order valence-electron chi connectivity index (χ2n) is 5.38. The zero-order valence-corrected chi connectivity index (χ0v) is 11.6. The molecule has 0 aromatic carbocycles. The van der Waals surface area contributed by atoms with Crippen molar-refractivity contribution < 1.29 is 0 Å². The van der Waals surface area contributed by atoms with Crippen LogP contribution in [0.3, 0.4) is 0 Å². The molecule has 2 rings (SSSR count). The van der Waals surface area contributed by atoms with Gasteiger partial charge in [-0.3, -0.25) is 0 Å². The van der Waals surface area contributed by atoms with Gasteiger partial charge in [0, 0.05) is 15.8 Å². The Balaban J connectivity index is 2.20. The average Bonchev–Trinajstić information content (AvgIpc) is 2.74. The minimum Gasteiger partial charge on any atom is -0.384 e. The highest BCUT2D eigenvalue weighted by molar-refractivity contribution is 7.12. The van der Waals surface area contributed by atoms with Gasteiger partial charge in [-0.1, -0.05) is 20.8 Å². The molecule has 2 heterocycles. The van der Waals surface area contributed by atoms with Crippen molar-refractivity contribution >= 4 is 17.2 Å². The zero-order chi connectivity index (χ0) is 12.6. The van der Waals surface area contributed by atoms with Crippen LogP contribution < -0.4 is 5.73 Å². The molecule has 2 N–H and O–H groups in total. The summed E-state index contributed by atoms with van der Waals surface area (Å²) < 4.78 is 1.85. The number of thiophene rings is 1. The van der Waals surface area contributed by atoms with E-state index >= 15 is 0 Å². The topological polar surface area (TPSA) is 43.8 Å². The Kier molecular flexibility index (Phi) is 3.00. The minimum atomic E-state index is 0.217. The van der Waals surface area contributed by atoms with Crippen molar-refractivity contribution in [1.82, 2.24) is 9.78 Å². The highest BCUT2D eigenvalue weighted by Crippen LogP contribution is 2.30. The molecule has 0 saturated carbocycles. The fourth-order valence-electron chi connectivity index (χ4n) is 1.71. The van der Waals surface area contributed by atoms with Crippen LogP contribution in [0, 0.1) is 6.92 Å². The van der Waals surface area contributed by atoms with Crippen molar-refractivity contribution in [3.63, 3.8) is 0 Å². The van der Waals surface area contributed by atoms with Crippen LogP contribution in [0.25, 0.3) is 0 Å². The van der Waals surface area contributed by atoms with E-state index in [-0.39, 0.29) is 5.41 Å². The van der Waals surface area contributed by atoms with Crippen LogP contribution in [-0.4, -0.2) is 9.78 Å². The van der Waals surface area contributed by atoms with Crippen LogP contribution in [0.1, 0.15) is 36.2 Å². The maximum atomic E-state index is 5.89. The van der Waals surface area contributed by atoms with Crippen molar-refractivity contribution in [2.75, 3.05) is 5.73 Å². The van der Waals surface area contributed by atoms with Crippen molar-refractivity contribution in [2.24, 2.45) is 0 Å². The van der Waals surface area contributed by atoms with E-state index in [1.165, 1.54) is 9.75 Å². The lowest BCUT2D eigenvalue weighted by Gasteiger charge is -2.15. The Morgan fingerprint density at radius 1 is 1.35 bits per heavy atom. The van der Waals surface area contributed by atoms with E-state index < -0.39 is 0 Å². The van der Waals surface area contributed by atoms with Crippen molar-refractivity contribution in [3.8, 4) is 0 Å². The lowest BCUT2D eigenvalue weighted by Crippen LogP contribution is -2.08. The van der Waals surface area contributed by atoms with E-state index in [1.54, 1.807) is 0 Å². The molecule has 0 unspecified atom stereocenters. The summed E-state index contributed by atoms with van der Waals surface area (Å²) in [4.78, 5) is 2.69. The Bertz CT molecular complexity index is 517. The summed E-state index contributed by atoms with van der Waals surface area (Å²) >= 11 is 1.84. The lowest BCUT2D eigenvalue weighted by atomic mass is 9.95. The first kappa shape index (κ1) is 12.2. The number of rotatable bonds is 2. The monoisotopic (exact) mass is 249 g/mol. The second kappa shape index (κ2) is 4.18. The van der Waals surface area contributed by atoms with Gasteiger partial charge < -0.3 is 5.73 Å². The summed E-state index contributed by atoms with van der Waals surface area (Å²) in [6.45, 7) is 9.42. The molecule has 0 spiro atoms. The largest absolute Gasteiger partial charge is 0.384 e. The number of nitrogen functional groups attached to an aromatic ring is 1. The first-order chi connectivity index (χ1) is 7.86. The Morgan fingerprint density at radius 3 is 2.53 bits per heavy atom. The molecule has 0 aliphatic carbocycles. The van der Waals surface area contributed by atoms with Gasteiger partial charge in [-0.25, -0.2) is 4.68 Å². The third-order valence-corrected chi connectivity index (χ3v) is 4.14. The van der Waals surface area contributed by atoms with E-state index in [2.05, 4.69) is 38.0 Å². The summed E-state index contributed by atoms with van der Waals surface area (Å²) in [5.41, 5.74) is 7.07. The van der Waals surface area contributed by atoms with Crippen LogP contribution in [-0.2, 0) is 12.0 Å². The first-order valence-corrected chi connectivity index (χ1v) is 6.57. The molecule has 2 aromatic rings. The molecule has 4 heteroatoms. The average molecular weight is 249 g/mol. The number of aromatic nitrogens is 2. The van der Waals surface area contributed by atoms with Gasteiger partial charge in [-0.05, 0) is 24.5 Å². The SMILES string of the molecule is Cc1cc(N)n(Cc2ccc(C(C)(C)C)s2)n1. The zero-order valence-electron chi connectivity index (χ0n) is 10.8. The Morgan fingerprint density at radius 2 is 2.06 bits per heavy atom. The molecular formula is C13H19N3S. The quantitative estimate of drug-likeness (QED) is 0.888.